The summed E-state index contributed by atoms with van der Waals surface area (Å²) in [5.74, 6) is 0.492. The molecule has 2 aromatic carbocycles. The van der Waals surface area contributed by atoms with Crippen molar-refractivity contribution in [1.82, 2.24) is 10.2 Å². The molecule has 2 fully saturated rings. The van der Waals surface area contributed by atoms with E-state index in [1.807, 2.05) is 23.1 Å². The largest absolute Gasteiger partial charge is 0.359 e. The molecule has 0 aromatic heterocycles. The van der Waals surface area contributed by atoms with E-state index >= 15 is 0 Å². The second-order valence-corrected chi connectivity index (χ2v) is 8.24. The summed E-state index contributed by atoms with van der Waals surface area (Å²) in [4.78, 5) is 27.4. The van der Waals surface area contributed by atoms with Gasteiger partial charge in [0.1, 0.15) is 0 Å². The fraction of sp³-hybridized carbons (Fsp3) is 0.417. The van der Waals surface area contributed by atoms with Crippen LogP contribution in [0.5, 0.6) is 0 Å². The van der Waals surface area contributed by atoms with E-state index in [0.29, 0.717) is 13.0 Å². The van der Waals surface area contributed by atoms with E-state index in [1.54, 1.807) is 7.05 Å². The Morgan fingerprint density at radius 2 is 1.71 bits per heavy atom. The van der Waals surface area contributed by atoms with Gasteiger partial charge < -0.3 is 10.2 Å². The first-order valence-electron chi connectivity index (χ1n) is 10.3. The van der Waals surface area contributed by atoms with Crippen LogP contribution in [0, 0.1) is 11.3 Å². The third-order valence-corrected chi connectivity index (χ3v) is 6.13. The second-order valence-electron chi connectivity index (χ2n) is 8.24. The van der Waals surface area contributed by atoms with E-state index in [9.17, 15) is 9.59 Å². The van der Waals surface area contributed by atoms with Crippen molar-refractivity contribution in [3.05, 3.63) is 60.2 Å². The minimum absolute atomic E-state index is 0.0490. The van der Waals surface area contributed by atoms with E-state index in [-0.39, 0.29) is 17.7 Å². The lowest BCUT2D eigenvalue weighted by Gasteiger charge is -2.41. The molecule has 1 N–H and O–H groups in total. The van der Waals surface area contributed by atoms with Crippen LogP contribution in [0.1, 0.15) is 31.2 Å². The number of nitrogens with zero attached hydrogens (tertiary/aromatic N) is 1. The van der Waals surface area contributed by atoms with Crippen LogP contribution in [-0.4, -0.2) is 36.9 Å². The van der Waals surface area contributed by atoms with Gasteiger partial charge in [0.25, 0.3) is 0 Å². The Bertz CT molecular complexity index is 843. The van der Waals surface area contributed by atoms with Crippen molar-refractivity contribution in [2.24, 2.45) is 11.3 Å². The average molecular weight is 377 g/mol. The van der Waals surface area contributed by atoms with Gasteiger partial charge in [0.2, 0.25) is 11.8 Å². The molecule has 0 bridgehead atoms. The van der Waals surface area contributed by atoms with Crippen LogP contribution in [0.4, 0.5) is 0 Å². The van der Waals surface area contributed by atoms with Crippen LogP contribution >= 0.6 is 0 Å². The van der Waals surface area contributed by atoms with Gasteiger partial charge in [-0.1, -0.05) is 54.6 Å². The maximum Gasteiger partial charge on any atom is 0.228 e. The highest BCUT2D eigenvalue weighted by atomic mass is 16.2. The monoisotopic (exact) mass is 376 g/mol. The zero-order valence-corrected chi connectivity index (χ0v) is 16.5. The normalized spacial score (nSPS) is 22.0. The number of carbonyl (C=O) groups excluding carboxylic acids is 2. The van der Waals surface area contributed by atoms with Gasteiger partial charge in [0, 0.05) is 26.1 Å². The van der Waals surface area contributed by atoms with Crippen molar-refractivity contribution in [3.63, 3.8) is 0 Å². The number of hydrogen-bond acceptors (Lipinski definition) is 2. The molecule has 2 aliphatic rings. The highest BCUT2D eigenvalue weighted by molar-refractivity contribution is 5.86. The summed E-state index contributed by atoms with van der Waals surface area (Å²) < 4.78 is 0. The molecule has 4 nitrogen and oxygen atoms in total. The summed E-state index contributed by atoms with van der Waals surface area (Å²) in [6.45, 7) is 1.31. The van der Waals surface area contributed by atoms with Gasteiger partial charge >= 0.3 is 0 Å². The first-order chi connectivity index (χ1) is 13.6. The molecule has 0 unspecified atom stereocenters. The molecular weight excluding hydrogens is 348 g/mol. The first kappa shape index (κ1) is 18.7. The number of rotatable bonds is 5. The molecule has 2 aromatic rings. The van der Waals surface area contributed by atoms with Crippen molar-refractivity contribution in [2.45, 2.75) is 32.1 Å². The van der Waals surface area contributed by atoms with E-state index in [1.165, 1.54) is 11.1 Å². The predicted octanol–water partition coefficient (Wildman–Crippen LogP) is 3.66. The smallest absolute Gasteiger partial charge is 0.228 e. The summed E-state index contributed by atoms with van der Waals surface area (Å²) in [5, 5.41) is 2.86. The molecule has 1 atom stereocenters. The van der Waals surface area contributed by atoms with Gasteiger partial charge in [-0.25, -0.2) is 0 Å². The van der Waals surface area contributed by atoms with Gasteiger partial charge in [-0.3, -0.25) is 9.59 Å². The lowest BCUT2D eigenvalue weighted by molar-refractivity contribution is -0.142. The van der Waals surface area contributed by atoms with Crippen molar-refractivity contribution in [3.8, 4) is 11.1 Å². The SMILES string of the molecule is CNC(=O)[C@@]1(Cc2ccc(-c3ccccc3)cc2)CCCN(C(=O)C2CC2)C1. The standard InChI is InChI=1S/C24H28N2O2/c1-25-23(28)24(14-5-15-26(17-24)22(27)21-12-13-21)16-18-8-10-20(11-9-18)19-6-3-2-4-7-19/h2-4,6-11,21H,5,12-17H2,1H3,(H,25,28)/t24-/m1/s1. The quantitative estimate of drug-likeness (QED) is 0.866. The Morgan fingerprint density at radius 3 is 2.36 bits per heavy atom. The Labute approximate surface area is 166 Å². The minimum atomic E-state index is -0.536. The molecule has 2 amide bonds. The number of amides is 2. The van der Waals surface area contributed by atoms with Crippen LogP contribution < -0.4 is 5.32 Å². The number of carbonyl (C=O) groups is 2. The third-order valence-electron chi connectivity index (χ3n) is 6.13. The lowest BCUT2D eigenvalue weighted by Crippen LogP contribution is -2.54. The molecule has 4 rings (SSSR count). The zero-order valence-electron chi connectivity index (χ0n) is 16.5. The topological polar surface area (TPSA) is 49.4 Å². The summed E-state index contributed by atoms with van der Waals surface area (Å²) in [6.07, 6.45) is 4.37. The van der Waals surface area contributed by atoms with Crippen molar-refractivity contribution in [1.29, 1.82) is 0 Å². The zero-order chi connectivity index (χ0) is 19.6. The third kappa shape index (κ3) is 3.82. The van der Waals surface area contributed by atoms with Gasteiger partial charge in [-0.15, -0.1) is 0 Å². The maximum absolute atomic E-state index is 12.9. The van der Waals surface area contributed by atoms with Crippen LogP contribution in [0.3, 0.4) is 0 Å². The summed E-state index contributed by atoms with van der Waals surface area (Å²) in [6, 6.07) is 18.8. The van der Waals surface area contributed by atoms with Gasteiger partial charge in [0.15, 0.2) is 0 Å². The summed E-state index contributed by atoms with van der Waals surface area (Å²) in [5.41, 5.74) is 2.97. The van der Waals surface area contributed by atoms with E-state index < -0.39 is 5.41 Å². The average Bonchev–Trinajstić information content (AvgIpc) is 3.59. The molecule has 4 heteroatoms. The molecular formula is C24H28N2O2. The van der Waals surface area contributed by atoms with Crippen LogP contribution in [-0.2, 0) is 16.0 Å². The minimum Gasteiger partial charge on any atom is -0.359 e. The van der Waals surface area contributed by atoms with E-state index in [4.69, 9.17) is 0 Å². The van der Waals surface area contributed by atoms with E-state index in [2.05, 4.69) is 41.7 Å². The Balaban J connectivity index is 1.54. The highest BCUT2D eigenvalue weighted by Crippen LogP contribution is 2.38. The molecule has 0 spiro atoms. The number of likely N-dealkylation sites (tertiary alicyclic amines) is 1. The number of nitrogens with one attached hydrogen (secondary N) is 1. The van der Waals surface area contributed by atoms with Crippen LogP contribution in [0.15, 0.2) is 54.6 Å². The van der Waals surface area contributed by atoms with Crippen molar-refractivity contribution >= 4 is 11.8 Å². The van der Waals surface area contributed by atoms with Gasteiger partial charge in [-0.05, 0) is 48.8 Å². The van der Waals surface area contributed by atoms with Crippen LogP contribution in [0.25, 0.3) is 11.1 Å². The maximum atomic E-state index is 12.9. The van der Waals surface area contributed by atoms with Crippen LogP contribution in [0.2, 0.25) is 0 Å². The fourth-order valence-corrected chi connectivity index (χ4v) is 4.42. The second kappa shape index (κ2) is 7.78. The number of benzene rings is 2. The molecule has 28 heavy (non-hydrogen) atoms. The van der Waals surface area contributed by atoms with E-state index in [0.717, 1.165) is 37.8 Å². The summed E-state index contributed by atoms with van der Waals surface area (Å²) >= 11 is 0. The lowest BCUT2D eigenvalue weighted by atomic mass is 9.74. The Hall–Kier alpha value is -2.62. The Morgan fingerprint density at radius 1 is 1.04 bits per heavy atom. The predicted molar refractivity (Wildman–Crippen MR) is 111 cm³/mol. The fourth-order valence-electron chi connectivity index (χ4n) is 4.42. The molecule has 0 radical (unpaired) electrons. The molecule has 1 aliphatic carbocycles. The molecule has 1 saturated heterocycles. The molecule has 1 saturated carbocycles. The Kier molecular flexibility index (Phi) is 5.21. The van der Waals surface area contributed by atoms with Crippen molar-refractivity contribution < 1.29 is 9.59 Å². The summed E-state index contributed by atoms with van der Waals surface area (Å²) in [7, 11) is 1.70. The highest BCUT2D eigenvalue weighted by Gasteiger charge is 2.45. The van der Waals surface area contributed by atoms with Gasteiger partial charge in [0.05, 0.1) is 5.41 Å². The molecule has 1 heterocycles. The number of piperidine rings is 1. The van der Waals surface area contributed by atoms with Gasteiger partial charge in [-0.2, -0.15) is 0 Å². The first-order valence-corrected chi connectivity index (χ1v) is 10.3. The number of hydrogen-bond donors (Lipinski definition) is 1. The van der Waals surface area contributed by atoms with Crippen molar-refractivity contribution in [2.75, 3.05) is 20.1 Å². The molecule has 1 aliphatic heterocycles. The molecule has 146 valence electrons.